The highest BCUT2D eigenvalue weighted by Crippen LogP contribution is 2.21. The Hall–Kier alpha value is -1.49. The summed E-state index contributed by atoms with van der Waals surface area (Å²) < 4.78 is 28.2. The molecule has 10 heteroatoms. The van der Waals surface area contributed by atoms with Crippen LogP contribution in [0.1, 0.15) is 15.4 Å². The summed E-state index contributed by atoms with van der Waals surface area (Å²) in [7, 11) is -0.588. The van der Waals surface area contributed by atoms with Gasteiger partial charge in [-0.1, -0.05) is 11.3 Å². The maximum absolute atomic E-state index is 12.1. The van der Waals surface area contributed by atoms with E-state index in [1.807, 2.05) is 11.3 Å². The molecule has 2 aromatic rings. The average molecular weight is 331 g/mol. The van der Waals surface area contributed by atoms with E-state index in [9.17, 15) is 13.2 Å². The van der Waals surface area contributed by atoms with Crippen LogP contribution in [0.2, 0.25) is 0 Å². The van der Waals surface area contributed by atoms with Crippen LogP contribution in [-0.4, -0.2) is 55.2 Å². The number of carbonyl (C=O) groups is 1. The van der Waals surface area contributed by atoms with Crippen LogP contribution in [0.4, 0.5) is 0 Å². The van der Waals surface area contributed by atoms with Crippen molar-refractivity contribution in [1.29, 1.82) is 0 Å². The van der Waals surface area contributed by atoms with Gasteiger partial charge >= 0.3 is 0 Å². The summed E-state index contributed by atoms with van der Waals surface area (Å²) >= 11 is 1.30. The first-order valence-electron chi connectivity index (χ1n) is 6.20. The van der Waals surface area contributed by atoms with Gasteiger partial charge in [0, 0.05) is 45.3 Å². The largest absolute Gasteiger partial charge is 0.350 e. The lowest BCUT2D eigenvalue weighted by atomic mass is 10.3. The number of hydrogen-bond acceptors (Lipinski definition) is 5. The van der Waals surface area contributed by atoms with Crippen LogP contribution in [0.15, 0.2) is 12.4 Å². The van der Waals surface area contributed by atoms with Crippen LogP contribution in [0, 0.1) is 6.92 Å². The minimum absolute atomic E-state index is 0.133. The Balaban J connectivity index is 1.91. The summed E-state index contributed by atoms with van der Waals surface area (Å²) in [6.07, 6.45) is 3.47. The number of amides is 1. The third-order valence-corrected chi connectivity index (χ3v) is 5.57. The number of fused-ring (bicyclic) bond motifs is 1. The zero-order valence-electron chi connectivity index (χ0n) is 12.0. The van der Waals surface area contributed by atoms with Gasteiger partial charge in [-0.25, -0.2) is 9.71 Å². The number of carbonyl (C=O) groups excluding carboxylic acids is 1. The number of imidazole rings is 1. The molecule has 0 atom stereocenters. The van der Waals surface area contributed by atoms with Crippen molar-refractivity contribution in [3.8, 4) is 0 Å². The maximum Gasteiger partial charge on any atom is 0.278 e. The Morgan fingerprint density at radius 1 is 1.43 bits per heavy atom. The van der Waals surface area contributed by atoms with Crippen molar-refractivity contribution in [3.63, 3.8) is 0 Å². The number of aromatic nitrogens is 2. The molecular weight excluding hydrogens is 314 g/mol. The van der Waals surface area contributed by atoms with Gasteiger partial charge in [-0.05, 0) is 6.92 Å². The second kappa shape index (κ2) is 6.10. The van der Waals surface area contributed by atoms with Crippen LogP contribution < -0.4 is 10.0 Å². The lowest BCUT2D eigenvalue weighted by Gasteiger charge is -2.12. The number of hydrogen-bond donors (Lipinski definition) is 2. The second-order valence-electron chi connectivity index (χ2n) is 4.53. The number of nitrogens with zero attached hydrogens (tertiary/aromatic N) is 3. The van der Waals surface area contributed by atoms with Crippen molar-refractivity contribution in [1.82, 2.24) is 23.7 Å². The molecule has 8 nitrogen and oxygen atoms in total. The van der Waals surface area contributed by atoms with Crippen LogP contribution >= 0.6 is 11.3 Å². The van der Waals surface area contributed by atoms with E-state index in [0.29, 0.717) is 4.88 Å². The van der Waals surface area contributed by atoms with Crippen molar-refractivity contribution in [2.24, 2.45) is 0 Å². The standard InChI is InChI=1S/C11H17N5O3S2/c1-8-9(20-11-13-6-7-16(8)11)10(17)12-4-5-14-21(18,19)15(2)3/h6-7,14H,4-5H2,1-3H3,(H,12,17). The van der Waals surface area contributed by atoms with Gasteiger partial charge in [-0.15, -0.1) is 0 Å². The lowest BCUT2D eigenvalue weighted by Crippen LogP contribution is -2.40. The van der Waals surface area contributed by atoms with E-state index in [2.05, 4.69) is 15.0 Å². The predicted octanol–water partition coefficient (Wildman–Crippen LogP) is -0.170. The minimum Gasteiger partial charge on any atom is -0.350 e. The van der Waals surface area contributed by atoms with Crippen LogP contribution in [-0.2, 0) is 10.2 Å². The fourth-order valence-electron chi connectivity index (χ4n) is 1.67. The second-order valence-corrected chi connectivity index (χ2v) is 7.48. The van der Waals surface area contributed by atoms with E-state index in [1.165, 1.54) is 25.4 Å². The summed E-state index contributed by atoms with van der Waals surface area (Å²) in [5.74, 6) is -0.230. The quantitative estimate of drug-likeness (QED) is 0.718. The molecule has 0 aliphatic rings. The first-order chi connectivity index (χ1) is 9.83. The molecule has 0 spiro atoms. The van der Waals surface area contributed by atoms with Gasteiger partial charge in [0.1, 0.15) is 4.88 Å². The van der Waals surface area contributed by atoms with E-state index in [1.54, 1.807) is 12.4 Å². The van der Waals surface area contributed by atoms with E-state index in [-0.39, 0.29) is 19.0 Å². The molecule has 1 amide bonds. The van der Waals surface area contributed by atoms with Gasteiger partial charge in [0.2, 0.25) is 0 Å². The summed E-state index contributed by atoms with van der Waals surface area (Å²) in [5, 5.41) is 2.69. The highest BCUT2D eigenvalue weighted by molar-refractivity contribution is 7.87. The van der Waals surface area contributed by atoms with Gasteiger partial charge in [-0.3, -0.25) is 9.20 Å². The van der Waals surface area contributed by atoms with Crippen molar-refractivity contribution in [3.05, 3.63) is 23.0 Å². The molecule has 2 aromatic heterocycles. The molecule has 0 aromatic carbocycles. The molecule has 0 radical (unpaired) electrons. The predicted molar refractivity (Wildman–Crippen MR) is 80.7 cm³/mol. The van der Waals surface area contributed by atoms with Gasteiger partial charge < -0.3 is 5.32 Å². The van der Waals surface area contributed by atoms with Gasteiger partial charge in [-0.2, -0.15) is 12.7 Å². The first-order valence-corrected chi connectivity index (χ1v) is 8.46. The minimum atomic E-state index is -3.46. The molecule has 2 N–H and O–H groups in total. The Morgan fingerprint density at radius 3 is 2.76 bits per heavy atom. The molecule has 2 heterocycles. The third kappa shape index (κ3) is 3.40. The average Bonchev–Trinajstić information content (AvgIpc) is 2.98. The van der Waals surface area contributed by atoms with Crippen LogP contribution in [0.5, 0.6) is 0 Å². The highest BCUT2D eigenvalue weighted by Gasteiger charge is 2.16. The molecule has 0 bridgehead atoms. The lowest BCUT2D eigenvalue weighted by molar-refractivity contribution is 0.0957. The topological polar surface area (TPSA) is 95.8 Å². The molecule has 0 fully saturated rings. The number of rotatable bonds is 6. The summed E-state index contributed by atoms with van der Waals surface area (Å²) in [6.45, 7) is 2.19. The fourth-order valence-corrected chi connectivity index (χ4v) is 3.29. The maximum atomic E-state index is 12.1. The van der Waals surface area contributed by atoms with E-state index < -0.39 is 10.2 Å². The molecule has 2 rings (SSSR count). The normalized spacial score (nSPS) is 12.2. The Morgan fingerprint density at radius 2 is 2.14 bits per heavy atom. The molecule has 116 valence electrons. The number of nitrogens with one attached hydrogen (secondary N) is 2. The smallest absolute Gasteiger partial charge is 0.278 e. The van der Waals surface area contributed by atoms with Crippen LogP contribution in [0.3, 0.4) is 0 Å². The van der Waals surface area contributed by atoms with E-state index in [0.717, 1.165) is 15.0 Å². The molecular formula is C11H17N5O3S2. The summed E-state index contributed by atoms with van der Waals surface area (Å²) in [6, 6.07) is 0. The highest BCUT2D eigenvalue weighted by atomic mass is 32.2. The van der Waals surface area contributed by atoms with E-state index >= 15 is 0 Å². The first kappa shape index (κ1) is 15.9. The Kier molecular flexibility index (Phi) is 4.61. The monoisotopic (exact) mass is 331 g/mol. The fraction of sp³-hybridized carbons (Fsp3) is 0.455. The Bertz CT molecular complexity index is 747. The molecule has 0 aliphatic heterocycles. The molecule has 21 heavy (non-hydrogen) atoms. The SMILES string of the molecule is Cc1c(C(=O)NCCNS(=O)(=O)N(C)C)sc2nccn12. The Labute approximate surface area is 127 Å². The summed E-state index contributed by atoms with van der Waals surface area (Å²) in [5.41, 5.74) is 0.818. The molecule has 0 unspecified atom stereocenters. The van der Waals surface area contributed by atoms with Gasteiger partial charge in [0.15, 0.2) is 4.96 Å². The molecule has 0 aliphatic carbocycles. The third-order valence-electron chi connectivity index (χ3n) is 2.87. The zero-order valence-corrected chi connectivity index (χ0v) is 13.6. The summed E-state index contributed by atoms with van der Waals surface area (Å²) in [4.78, 5) is 17.5. The van der Waals surface area contributed by atoms with Crippen molar-refractivity contribution >= 4 is 32.4 Å². The van der Waals surface area contributed by atoms with Gasteiger partial charge in [0.25, 0.3) is 16.1 Å². The number of thiazole rings is 1. The zero-order chi connectivity index (χ0) is 15.6. The number of aryl methyl sites for hydroxylation is 1. The van der Waals surface area contributed by atoms with Crippen molar-refractivity contribution in [2.45, 2.75) is 6.92 Å². The van der Waals surface area contributed by atoms with E-state index in [4.69, 9.17) is 0 Å². The molecule has 0 saturated heterocycles. The van der Waals surface area contributed by atoms with Gasteiger partial charge in [0.05, 0.1) is 0 Å². The molecule has 0 saturated carbocycles. The van der Waals surface area contributed by atoms with Crippen molar-refractivity contribution in [2.75, 3.05) is 27.2 Å². The van der Waals surface area contributed by atoms with Crippen molar-refractivity contribution < 1.29 is 13.2 Å². The van der Waals surface area contributed by atoms with Crippen LogP contribution in [0.25, 0.3) is 4.96 Å².